The molecule has 0 aliphatic heterocycles. The maximum atomic E-state index is 10.1. The number of aliphatic hydroxyl groups excluding tert-OH is 1. The summed E-state index contributed by atoms with van der Waals surface area (Å²) in [6.07, 6.45) is 2.10. The fourth-order valence-corrected chi connectivity index (χ4v) is 3.11. The van der Waals surface area contributed by atoms with Crippen LogP contribution >= 0.6 is 11.6 Å². The summed E-state index contributed by atoms with van der Waals surface area (Å²) in [6, 6.07) is -0.185. The van der Waals surface area contributed by atoms with Crippen molar-refractivity contribution in [3.8, 4) is 0 Å². The first-order chi connectivity index (χ1) is 9.45. The van der Waals surface area contributed by atoms with Crippen molar-refractivity contribution >= 4 is 17.4 Å². The second kappa shape index (κ2) is 6.24. The smallest absolute Gasteiger partial charge is 0.224 e. The highest BCUT2D eigenvalue weighted by molar-refractivity contribution is 6.28. The number of aromatic nitrogens is 2. The van der Waals surface area contributed by atoms with Crippen LogP contribution in [0.1, 0.15) is 31.5 Å². The molecule has 1 aliphatic rings. The molecule has 6 heteroatoms. The molecule has 5 nitrogen and oxygen atoms in total. The van der Waals surface area contributed by atoms with Gasteiger partial charge in [-0.3, -0.25) is 0 Å². The summed E-state index contributed by atoms with van der Waals surface area (Å²) in [5.74, 6) is 1.02. The van der Waals surface area contributed by atoms with Crippen LogP contribution in [-0.4, -0.2) is 41.6 Å². The van der Waals surface area contributed by atoms with E-state index in [1.54, 1.807) is 0 Å². The van der Waals surface area contributed by atoms with E-state index in [4.69, 9.17) is 16.3 Å². The molecule has 2 atom stereocenters. The molecule has 1 N–H and O–H groups in total. The lowest BCUT2D eigenvalue weighted by Gasteiger charge is -2.35. The van der Waals surface area contributed by atoms with Gasteiger partial charge in [0.05, 0.1) is 11.7 Å². The zero-order chi connectivity index (χ0) is 14.9. The molecule has 0 saturated heterocycles. The van der Waals surface area contributed by atoms with Crippen LogP contribution in [0.2, 0.25) is 5.28 Å². The minimum Gasteiger partial charge on any atom is -0.366 e. The van der Waals surface area contributed by atoms with Gasteiger partial charge in [-0.1, -0.05) is 13.8 Å². The summed E-state index contributed by atoms with van der Waals surface area (Å²) >= 11 is 6.03. The van der Waals surface area contributed by atoms with Gasteiger partial charge >= 0.3 is 0 Å². The molecular weight excluding hydrogens is 278 g/mol. The Labute approximate surface area is 124 Å². The van der Waals surface area contributed by atoms with Crippen molar-refractivity contribution in [3.63, 3.8) is 0 Å². The van der Waals surface area contributed by atoms with Crippen LogP contribution in [0.15, 0.2) is 0 Å². The maximum Gasteiger partial charge on any atom is 0.224 e. The first-order valence-corrected chi connectivity index (χ1v) is 7.32. The average Bonchev–Trinajstić information content (AvgIpc) is 2.84. The molecule has 0 bridgehead atoms. The molecule has 0 saturated carbocycles. The summed E-state index contributed by atoms with van der Waals surface area (Å²) in [6.45, 7) is 4.10. The van der Waals surface area contributed by atoms with Crippen LogP contribution in [0.4, 0.5) is 5.82 Å². The third kappa shape index (κ3) is 2.90. The first kappa shape index (κ1) is 15.5. The molecule has 1 aromatic rings. The van der Waals surface area contributed by atoms with Crippen LogP contribution in [0.25, 0.3) is 0 Å². The summed E-state index contributed by atoms with van der Waals surface area (Å²) in [5, 5.41) is 10.4. The van der Waals surface area contributed by atoms with Crippen LogP contribution in [-0.2, 0) is 17.6 Å². The number of fused-ring (bicyclic) bond motifs is 1. The number of rotatable bonds is 5. The third-order valence-corrected chi connectivity index (χ3v) is 4.05. The number of anilines is 1. The van der Waals surface area contributed by atoms with E-state index < -0.39 is 6.29 Å². The number of nitrogens with zero attached hydrogens (tertiary/aromatic N) is 3. The lowest BCUT2D eigenvalue weighted by molar-refractivity contribution is -0.0982. The van der Waals surface area contributed by atoms with E-state index in [0.717, 1.165) is 36.3 Å². The minimum absolute atomic E-state index is 0.185. The number of halogens is 1. The maximum absolute atomic E-state index is 10.1. The number of methoxy groups -OCH3 is 1. The normalized spacial score (nSPS) is 17.1. The Morgan fingerprint density at radius 3 is 2.60 bits per heavy atom. The van der Waals surface area contributed by atoms with Crippen molar-refractivity contribution in [2.75, 3.05) is 19.1 Å². The van der Waals surface area contributed by atoms with Crippen LogP contribution in [0.5, 0.6) is 0 Å². The van der Waals surface area contributed by atoms with Crippen molar-refractivity contribution in [1.82, 2.24) is 9.97 Å². The van der Waals surface area contributed by atoms with Gasteiger partial charge in [-0.05, 0) is 36.8 Å². The number of hydrogen-bond acceptors (Lipinski definition) is 5. The quantitative estimate of drug-likeness (QED) is 0.666. The Morgan fingerprint density at radius 2 is 2.00 bits per heavy atom. The van der Waals surface area contributed by atoms with E-state index in [-0.39, 0.29) is 17.2 Å². The van der Waals surface area contributed by atoms with E-state index in [1.807, 2.05) is 25.8 Å². The van der Waals surface area contributed by atoms with Gasteiger partial charge in [0.15, 0.2) is 6.29 Å². The second-order valence-electron chi connectivity index (χ2n) is 5.57. The van der Waals surface area contributed by atoms with Gasteiger partial charge in [-0.15, -0.1) is 0 Å². The molecule has 1 aliphatic carbocycles. The Hall–Kier alpha value is -0.910. The Morgan fingerprint density at radius 1 is 1.30 bits per heavy atom. The molecule has 0 spiro atoms. The molecule has 0 amide bonds. The topological polar surface area (TPSA) is 58.5 Å². The summed E-state index contributed by atoms with van der Waals surface area (Å²) < 4.78 is 5.10. The van der Waals surface area contributed by atoms with Crippen LogP contribution in [0, 0.1) is 5.92 Å². The molecule has 0 aromatic carbocycles. The van der Waals surface area contributed by atoms with Crippen LogP contribution < -0.4 is 4.90 Å². The zero-order valence-corrected chi connectivity index (χ0v) is 13.2. The number of aliphatic hydroxyl groups is 1. The minimum atomic E-state index is -0.870. The molecule has 1 heterocycles. The highest BCUT2D eigenvalue weighted by Crippen LogP contribution is 2.31. The molecule has 1 aromatic heterocycles. The third-order valence-electron chi connectivity index (χ3n) is 3.88. The Balaban J connectivity index is 2.39. The predicted octanol–water partition coefficient (Wildman–Crippen LogP) is 2.04. The van der Waals surface area contributed by atoms with Gasteiger partial charge in [0, 0.05) is 19.7 Å². The van der Waals surface area contributed by atoms with E-state index in [0.29, 0.717) is 0 Å². The molecule has 20 heavy (non-hydrogen) atoms. The number of ether oxygens (including phenoxy) is 1. The lowest BCUT2D eigenvalue weighted by atomic mass is 10.0. The predicted molar refractivity (Wildman–Crippen MR) is 79.1 cm³/mol. The van der Waals surface area contributed by atoms with E-state index in [2.05, 4.69) is 9.97 Å². The van der Waals surface area contributed by atoms with Gasteiger partial charge in [-0.25, -0.2) is 9.97 Å². The van der Waals surface area contributed by atoms with Crippen LogP contribution in [0.3, 0.4) is 0 Å². The van der Waals surface area contributed by atoms with E-state index >= 15 is 0 Å². The highest BCUT2D eigenvalue weighted by atomic mass is 35.5. The van der Waals surface area contributed by atoms with Crippen molar-refractivity contribution in [3.05, 3.63) is 16.5 Å². The molecule has 2 unspecified atom stereocenters. The van der Waals surface area contributed by atoms with Crippen molar-refractivity contribution in [2.24, 2.45) is 5.92 Å². The highest BCUT2D eigenvalue weighted by Gasteiger charge is 2.31. The number of likely N-dealkylation sites (N-methyl/N-ethyl adjacent to an activating group) is 1. The Bertz CT molecular complexity index is 482. The summed E-state index contributed by atoms with van der Waals surface area (Å²) in [7, 11) is 3.43. The monoisotopic (exact) mass is 299 g/mol. The fraction of sp³-hybridized carbons (Fsp3) is 0.714. The van der Waals surface area contributed by atoms with Crippen molar-refractivity contribution in [2.45, 2.75) is 45.4 Å². The van der Waals surface area contributed by atoms with Gasteiger partial charge in [0.2, 0.25) is 5.28 Å². The SMILES string of the molecule is COC(O)C(C(C)C)N(C)c1nc(Cl)nc2c1CCC2. The van der Waals surface area contributed by atoms with E-state index in [1.165, 1.54) is 7.11 Å². The van der Waals surface area contributed by atoms with Crippen molar-refractivity contribution in [1.29, 1.82) is 0 Å². The first-order valence-electron chi connectivity index (χ1n) is 6.94. The standard InChI is InChI=1S/C14H22ClN3O2/c1-8(2)11(13(19)20-4)18(3)12-9-6-5-7-10(9)16-14(15)17-12/h8,11,13,19H,5-7H2,1-4H3. The zero-order valence-electron chi connectivity index (χ0n) is 12.4. The lowest BCUT2D eigenvalue weighted by Crippen LogP contribution is -2.46. The molecule has 112 valence electrons. The Kier molecular flexibility index (Phi) is 4.83. The largest absolute Gasteiger partial charge is 0.366 e. The molecular formula is C14H22ClN3O2. The van der Waals surface area contributed by atoms with Crippen molar-refractivity contribution < 1.29 is 9.84 Å². The van der Waals surface area contributed by atoms with E-state index in [9.17, 15) is 5.11 Å². The van der Waals surface area contributed by atoms with Gasteiger partial charge in [0.25, 0.3) is 0 Å². The van der Waals surface area contributed by atoms with Gasteiger partial charge in [0.1, 0.15) is 5.82 Å². The fourth-order valence-electron chi connectivity index (χ4n) is 2.92. The number of hydrogen-bond donors (Lipinski definition) is 1. The number of aryl methyl sites for hydroxylation is 1. The molecule has 2 rings (SSSR count). The molecule has 0 radical (unpaired) electrons. The van der Waals surface area contributed by atoms with Gasteiger partial charge < -0.3 is 14.7 Å². The average molecular weight is 300 g/mol. The summed E-state index contributed by atoms with van der Waals surface area (Å²) in [5.41, 5.74) is 2.17. The summed E-state index contributed by atoms with van der Waals surface area (Å²) in [4.78, 5) is 10.6. The molecule has 0 fully saturated rings. The van der Waals surface area contributed by atoms with Gasteiger partial charge in [-0.2, -0.15) is 0 Å². The second-order valence-corrected chi connectivity index (χ2v) is 5.90.